The molecule has 0 saturated carbocycles. The summed E-state index contributed by atoms with van der Waals surface area (Å²) in [5, 5.41) is 25.8. The highest BCUT2D eigenvalue weighted by molar-refractivity contribution is 6.58. The summed E-state index contributed by atoms with van der Waals surface area (Å²) in [5.74, 6) is -0.296. The summed E-state index contributed by atoms with van der Waals surface area (Å²) in [6.45, 7) is 7.19. The van der Waals surface area contributed by atoms with E-state index in [0.29, 0.717) is 58.2 Å². The van der Waals surface area contributed by atoms with Crippen molar-refractivity contribution in [2.24, 2.45) is 21.0 Å². The Kier molecular flexibility index (Phi) is 5.65. The monoisotopic (exact) mass is 549 g/mol. The summed E-state index contributed by atoms with van der Waals surface area (Å²) in [7, 11) is 0. The molecule has 0 bridgehead atoms. The van der Waals surface area contributed by atoms with E-state index in [1.165, 1.54) is 4.90 Å². The van der Waals surface area contributed by atoms with Gasteiger partial charge in [0.15, 0.2) is 12.5 Å². The lowest BCUT2D eigenvalue weighted by Gasteiger charge is -2.67. The second-order valence-electron chi connectivity index (χ2n) is 11.5. The van der Waals surface area contributed by atoms with E-state index < -0.39 is 6.09 Å². The number of amides is 2. The number of carbonyl (C=O) groups excluding carboxylic acids is 1. The number of fused-ring (bicyclic) bond motifs is 2. The van der Waals surface area contributed by atoms with Crippen LogP contribution in [0.25, 0.3) is 10.9 Å². The van der Waals surface area contributed by atoms with Gasteiger partial charge < -0.3 is 29.8 Å². The zero-order valence-electron chi connectivity index (χ0n) is 21.7. The number of nitrogens with one attached hydrogen (secondary N) is 1. The number of carbonyl (C=O) groups is 2. The van der Waals surface area contributed by atoms with Crippen LogP contribution in [-0.2, 0) is 9.63 Å². The number of H-pyrrole nitrogens is 1. The number of halogens is 1. The van der Waals surface area contributed by atoms with Crippen molar-refractivity contribution in [3.63, 3.8) is 0 Å². The quantitative estimate of drug-likeness (QED) is 0.409. The fourth-order valence-corrected chi connectivity index (χ4v) is 6.61. The first-order valence-electron chi connectivity index (χ1n) is 12.6. The average molecular weight is 550 g/mol. The van der Waals surface area contributed by atoms with Crippen LogP contribution in [0.1, 0.15) is 31.9 Å². The van der Waals surface area contributed by atoms with E-state index in [9.17, 15) is 19.8 Å². The van der Waals surface area contributed by atoms with Crippen molar-refractivity contribution in [3.05, 3.63) is 58.6 Å². The smallest absolute Gasteiger partial charge is 0.407 e. The molecule has 3 aliphatic heterocycles. The normalized spacial score (nSPS) is 20.6. The van der Waals surface area contributed by atoms with Gasteiger partial charge in [0.25, 0.3) is 5.91 Å². The van der Waals surface area contributed by atoms with Gasteiger partial charge in [-0.25, -0.2) is 9.79 Å². The number of benzene rings is 2. The lowest BCUT2D eigenvalue weighted by molar-refractivity contribution is -0.193. The molecular weight excluding hydrogens is 522 g/mol. The number of likely N-dealkylation sites (tertiary alicyclic amines) is 2. The van der Waals surface area contributed by atoms with Crippen LogP contribution < -0.4 is 0 Å². The molecule has 4 heterocycles. The number of aromatic nitrogens is 1. The number of para-hydroxylation sites is 1. The molecule has 1 unspecified atom stereocenters. The van der Waals surface area contributed by atoms with E-state index in [4.69, 9.17) is 21.4 Å². The molecule has 11 heteroatoms. The first-order valence-corrected chi connectivity index (χ1v) is 13.0. The lowest BCUT2D eigenvalue weighted by Crippen LogP contribution is -2.81. The molecule has 1 aromatic heterocycles. The number of aromatic amines is 1. The lowest BCUT2D eigenvalue weighted by atomic mass is 9.58. The Balaban J connectivity index is 1.20. The van der Waals surface area contributed by atoms with Crippen LogP contribution in [0, 0.1) is 10.8 Å². The topological polar surface area (TPSA) is 131 Å². The number of rotatable bonds is 4. The van der Waals surface area contributed by atoms with Crippen molar-refractivity contribution in [3.8, 4) is 5.88 Å². The van der Waals surface area contributed by atoms with E-state index in [1.54, 1.807) is 23.1 Å². The molecule has 3 aromatic rings. The molecule has 2 amide bonds. The van der Waals surface area contributed by atoms with Crippen LogP contribution in [0.2, 0.25) is 5.02 Å². The molecule has 2 fully saturated rings. The third-order valence-electron chi connectivity index (χ3n) is 7.74. The standard InChI is InChI=1S/C28H28ClN5O5/c1-27(2,3)25-28(14-34(25)26(37)38)12-33(13-28)20(35)11-39-32-22-16-6-4-5-7-18(16)30-23(22)21-17-10-15(29)8-9-19(17)31-24(21)36/h4-10,25,31,36H,11-14H2,1-3H3,(H,37,38)/b32-22+. The van der Waals surface area contributed by atoms with Crippen LogP contribution in [0.5, 0.6) is 5.88 Å². The molecule has 2 saturated heterocycles. The molecule has 0 aliphatic carbocycles. The van der Waals surface area contributed by atoms with Gasteiger partial charge in [0, 0.05) is 46.5 Å². The summed E-state index contributed by atoms with van der Waals surface area (Å²) in [6, 6.07) is 12.5. The molecule has 6 rings (SSSR count). The second kappa shape index (κ2) is 8.74. The van der Waals surface area contributed by atoms with Crippen molar-refractivity contribution >= 4 is 51.6 Å². The zero-order chi connectivity index (χ0) is 27.7. The van der Waals surface area contributed by atoms with Crippen LogP contribution in [0.15, 0.2) is 52.6 Å². The fraction of sp³-hybridized carbons (Fsp3) is 0.357. The number of oxime groups is 1. The SMILES string of the molecule is CC(C)(C)C1N(C(=O)O)CC12CN(C(=O)CO/N=C1/C(c3c(O)[nH]c4ccc(Cl)cc34)=Nc3ccccc31)C2. The molecule has 10 nitrogen and oxygen atoms in total. The highest BCUT2D eigenvalue weighted by Crippen LogP contribution is 2.52. The van der Waals surface area contributed by atoms with E-state index in [2.05, 4.69) is 10.1 Å². The minimum absolute atomic E-state index is 0.0715. The summed E-state index contributed by atoms with van der Waals surface area (Å²) < 4.78 is 0. The minimum Gasteiger partial charge on any atom is -0.494 e. The maximum absolute atomic E-state index is 12.9. The molecule has 1 atom stereocenters. The molecule has 3 aliphatic rings. The summed E-state index contributed by atoms with van der Waals surface area (Å²) in [4.78, 5) is 40.9. The van der Waals surface area contributed by atoms with Gasteiger partial charge >= 0.3 is 6.09 Å². The number of carboxylic acid groups (broad SMARTS) is 1. The van der Waals surface area contributed by atoms with Gasteiger partial charge in [-0.05, 0) is 29.7 Å². The van der Waals surface area contributed by atoms with Crippen LogP contribution in [-0.4, -0.2) is 80.7 Å². The molecule has 1 spiro atoms. The van der Waals surface area contributed by atoms with Crippen LogP contribution in [0.3, 0.4) is 0 Å². The van der Waals surface area contributed by atoms with Crippen molar-refractivity contribution in [1.82, 2.24) is 14.8 Å². The third kappa shape index (κ3) is 4.01. The van der Waals surface area contributed by atoms with Gasteiger partial charge in [-0.1, -0.05) is 55.7 Å². The number of hydrogen-bond acceptors (Lipinski definition) is 6. The maximum Gasteiger partial charge on any atom is 0.407 e. The molecular formula is C28H28ClN5O5. The van der Waals surface area contributed by atoms with E-state index in [0.717, 1.165) is 5.56 Å². The Bertz CT molecular complexity index is 1580. The predicted molar refractivity (Wildman–Crippen MR) is 147 cm³/mol. The van der Waals surface area contributed by atoms with Crippen LogP contribution in [0.4, 0.5) is 10.5 Å². The summed E-state index contributed by atoms with van der Waals surface area (Å²) >= 11 is 6.23. The molecule has 2 aromatic carbocycles. The Morgan fingerprint density at radius 1 is 1.21 bits per heavy atom. The minimum atomic E-state index is -0.928. The maximum atomic E-state index is 12.9. The highest BCUT2D eigenvalue weighted by Gasteiger charge is 2.64. The van der Waals surface area contributed by atoms with Crippen molar-refractivity contribution < 1.29 is 24.6 Å². The Hall–Kier alpha value is -4.05. The average Bonchev–Trinajstić information content (AvgIpc) is 3.32. The van der Waals surface area contributed by atoms with E-state index in [1.807, 2.05) is 45.0 Å². The Morgan fingerprint density at radius 2 is 1.95 bits per heavy atom. The Morgan fingerprint density at radius 3 is 2.67 bits per heavy atom. The fourth-order valence-electron chi connectivity index (χ4n) is 6.43. The predicted octanol–water partition coefficient (Wildman–Crippen LogP) is 4.62. The molecule has 39 heavy (non-hydrogen) atoms. The number of aromatic hydroxyl groups is 1. The van der Waals surface area contributed by atoms with Crippen LogP contribution >= 0.6 is 11.6 Å². The molecule has 202 valence electrons. The highest BCUT2D eigenvalue weighted by atomic mass is 35.5. The summed E-state index contributed by atoms with van der Waals surface area (Å²) in [5.41, 5.74) is 2.88. The first-order chi connectivity index (χ1) is 18.5. The second-order valence-corrected chi connectivity index (χ2v) is 12.0. The van der Waals surface area contributed by atoms with Gasteiger partial charge in [-0.2, -0.15) is 0 Å². The van der Waals surface area contributed by atoms with Crippen molar-refractivity contribution in [2.45, 2.75) is 26.8 Å². The van der Waals surface area contributed by atoms with E-state index >= 15 is 0 Å². The van der Waals surface area contributed by atoms with Crippen molar-refractivity contribution in [1.29, 1.82) is 0 Å². The van der Waals surface area contributed by atoms with Gasteiger partial charge in [-0.3, -0.25) is 4.79 Å². The molecule has 3 N–H and O–H groups in total. The van der Waals surface area contributed by atoms with Gasteiger partial charge in [0.05, 0.1) is 17.3 Å². The van der Waals surface area contributed by atoms with Gasteiger partial charge in [0.2, 0.25) is 0 Å². The zero-order valence-corrected chi connectivity index (χ0v) is 22.5. The van der Waals surface area contributed by atoms with Gasteiger partial charge in [-0.15, -0.1) is 0 Å². The Labute approximate surface area is 229 Å². The number of hydrogen-bond donors (Lipinski definition) is 3. The number of aliphatic imine (C=N–C) groups is 1. The van der Waals surface area contributed by atoms with E-state index in [-0.39, 0.29) is 35.3 Å². The van der Waals surface area contributed by atoms with Gasteiger partial charge in [0.1, 0.15) is 11.4 Å². The molecule has 0 radical (unpaired) electrons. The summed E-state index contributed by atoms with van der Waals surface area (Å²) in [6.07, 6.45) is -0.928. The third-order valence-corrected chi connectivity index (χ3v) is 7.98. The van der Waals surface area contributed by atoms with Crippen molar-refractivity contribution in [2.75, 3.05) is 26.2 Å². The largest absolute Gasteiger partial charge is 0.494 e. The number of nitrogens with zero attached hydrogens (tertiary/aromatic N) is 4. The first kappa shape index (κ1) is 25.2.